The number of hydrogen-bond donors (Lipinski definition) is 0. The second-order valence-corrected chi connectivity index (χ2v) is 17.4. The van der Waals surface area contributed by atoms with Crippen molar-refractivity contribution in [2.24, 2.45) is 0 Å². The average molecular weight is 867 g/mol. The lowest BCUT2D eigenvalue weighted by Gasteiger charge is -2.18. The van der Waals surface area contributed by atoms with Gasteiger partial charge in [-0.1, -0.05) is 242 Å². The van der Waals surface area contributed by atoms with Crippen molar-refractivity contribution in [3.05, 3.63) is 60.8 Å². The number of hydrogen-bond acceptors (Lipinski definition) is 6. The molecule has 0 N–H and O–H groups in total. The van der Waals surface area contributed by atoms with Gasteiger partial charge in [-0.3, -0.25) is 14.4 Å². The lowest BCUT2D eigenvalue weighted by Crippen LogP contribution is -2.30. The van der Waals surface area contributed by atoms with Crippen LogP contribution in [-0.4, -0.2) is 37.2 Å². The van der Waals surface area contributed by atoms with Crippen molar-refractivity contribution in [1.82, 2.24) is 0 Å². The molecule has 0 bridgehead atoms. The maximum Gasteiger partial charge on any atom is 0.306 e. The van der Waals surface area contributed by atoms with Gasteiger partial charge in [-0.2, -0.15) is 0 Å². The molecule has 1 atom stereocenters. The van der Waals surface area contributed by atoms with E-state index in [1.54, 1.807) is 0 Å². The van der Waals surface area contributed by atoms with Gasteiger partial charge >= 0.3 is 17.9 Å². The van der Waals surface area contributed by atoms with Crippen molar-refractivity contribution in [3.8, 4) is 0 Å². The van der Waals surface area contributed by atoms with E-state index in [1.165, 1.54) is 135 Å². The van der Waals surface area contributed by atoms with E-state index in [0.29, 0.717) is 19.3 Å². The highest BCUT2D eigenvalue weighted by Gasteiger charge is 2.19. The summed E-state index contributed by atoms with van der Waals surface area (Å²) in [4.78, 5) is 37.9. The van der Waals surface area contributed by atoms with Gasteiger partial charge < -0.3 is 14.2 Å². The van der Waals surface area contributed by atoms with Crippen LogP contribution in [-0.2, 0) is 28.6 Å². The van der Waals surface area contributed by atoms with Crippen LogP contribution in [0.5, 0.6) is 0 Å². The minimum Gasteiger partial charge on any atom is -0.462 e. The molecule has 0 radical (unpaired) electrons. The van der Waals surface area contributed by atoms with Crippen molar-refractivity contribution >= 4 is 17.9 Å². The molecule has 0 rings (SSSR count). The van der Waals surface area contributed by atoms with Crippen molar-refractivity contribution in [2.75, 3.05) is 13.2 Å². The van der Waals surface area contributed by atoms with E-state index in [4.69, 9.17) is 14.2 Å². The molecule has 6 nitrogen and oxygen atoms in total. The zero-order valence-electron chi connectivity index (χ0n) is 40.9. The summed E-state index contributed by atoms with van der Waals surface area (Å²) in [5.74, 6) is -0.942. The monoisotopic (exact) mass is 867 g/mol. The lowest BCUT2D eigenvalue weighted by atomic mass is 10.0. The van der Waals surface area contributed by atoms with Crippen LogP contribution < -0.4 is 0 Å². The summed E-state index contributed by atoms with van der Waals surface area (Å²) in [7, 11) is 0. The zero-order chi connectivity index (χ0) is 45.1. The molecule has 0 saturated carbocycles. The van der Waals surface area contributed by atoms with Crippen molar-refractivity contribution in [2.45, 2.75) is 264 Å². The third kappa shape index (κ3) is 48.1. The molecule has 0 heterocycles. The fourth-order valence-electron chi connectivity index (χ4n) is 7.36. The van der Waals surface area contributed by atoms with E-state index in [9.17, 15) is 14.4 Å². The Labute approximate surface area is 383 Å². The summed E-state index contributed by atoms with van der Waals surface area (Å²) in [6.45, 7) is 6.49. The molecule has 6 heteroatoms. The molecule has 0 aromatic carbocycles. The molecule has 0 saturated heterocycles. The number of esters is 3. The van der Waals surface area contributed by atoms with Crippen molar-refractivity contribution in [1.29, 1.82) is 0 Å². The van der Waals surface area contributed by atoms with Crippen molar-refractivity contribution < 1.29 is 28.6 Å². The molecular weight excluding hydrogens is 769 g/mol. The summed E-state index contributed by atoms with van der Waals surface area (Å²) in [5.41, 5.74) is 0. The van der Waals surface area contributed by atoms with Crippen LogP contribution in [0.3, 0.4) is 0 Å². The minimum atomic E-state index is -0.792. The van der Waals surface area contributed by atoms with Crippen LogP contribution in [0.25, 0.3) is 0 Å². The molecule has 0 aliphatic heterocycles. The molecule has 358 valence electrons. The van der Waals surface area contributed by atoms with Gasteiger partial charge in [-0.05, 0) is 57.8 Å². The summed E-state index contributed by atoms with van der Waals surface area (Å²) >= 11 is 0. The number of rotatable bonds is 47. The summed E-state index contributed by atoms with van der Waals surface area (Å²) in [6.07, 6.45) is 62.1. The molecule has 0 amide bonds. The van der Waals surface area contributed by atoms with E-state index in [-0.39, 0.29) is 37.5 Å². The lowest BCUT2D eigenvalue weighted by molar-refractivity contribution is -0.167. The normalized spacial score (nSPS) is 12.5. The van der Waals surface area contributed by atoms with Gasteiger partial charge in [0.1, 0.15) is 13.2 Å². The highest BCUT2D eigenvalue weighted by atomic mass is 16.6. The van der Waals surface area contributed by atoms with Crippen LogP contribution in [0, 0.1) is 0 Å². The minimum absolute atomic E-state index is 0.0884. The van der Waals surface area contributed by atoms with Gasteiger partial charge in [0, 0.05) is 19.3 Å². The van der Waals surface area contributed by atoms with Crippen LogP contribution in [0.2, 0.25) is 0 Å². The van der Waals surface area contributed by atoms with Gasteiger partial charge in [0.2, 0.25) is 0 Å². The Bertz CT molecular complexity index is 1130. The Morgan fingerprint density at radius 1 is 0.339 bits per heavy atom. The number of allylic oxidation sites excluding steroid dienone is 10. The standard InChI is InChI=1S/C56H98O6/c1-4-7-10-13-16-19-22-24-26-28-30-31-34-37-40-43-46-49-55(58)61-52-53(51-60-54(57)48-45-42-39-36-33-21-18-15-12-9-6-3)62-56(59)50-47-44-41-38-35-32-29-27-25-23-20-17-14-11-8-5-2/h7,10,16,19,24,26,30-31,37,40,53H,4-6,8-9,11-15,17-18,20-23,25,27-29,32-36,38-39,41-52H2,1-3H3/b10-7-,19-16-,26-24-,31-30-,40-37-/t53-/m1/s1. The zero-order valence-corrected chi connectivity index (χ0v) is 40.9. The Balaban J connectivity index is 4.43. The van der Waals surface area contributed by atoms with Gasteiger partial charge in [0.15, 0.2) is 6.10 Å². The van der Waals surface area contributed by atoms with Gasteiger partial charge in [-0.25, -0.2) is 0 Å². The van der Waals surface area contributed by atoms with Gasteiger partial charge in [0.05, 0.1) is 0 Å². The topological polar surface area (TPSA) is 78.9 Å². The maximum atomic E-state index is 12.8. The molecule has 0 unspecified atom stereocenters. The van der Waals surface area contributed by atoms with E-state index in [2.05, 4.69) is 81.5 Å². The number of unbranched alkanes of at least 4 members (excludes halogenated alkanes) is 26. The summed E-state index contributed by atoms with van der Waals surface area (Å²) in [5, 5.41) is 0. The largest absolute Gasteiger partial charge is 0.462 e. The average Bonchev–Trinajstić information content (AvgIpc) is 3.27. The first-order valence-corrected chi connectivity index (χ1v) is 26.3. The Morgan fingerprint density at radius 2 is 0.629 bits per heavy atom. The van der Waals surface area contributed by atoms with Crippen LogP contribution in [0.15, 0.2) is 60.8 Å². The van der Waals surface area contributed by atoms with E-state index >= 15 is 0 Å². The molecule has 0 aliphatic carbocycles. The highest BCUT2D eigenvalue weighted by molar-refractivity contribution is 5.71. The van der Waals surface area contributed by atoms with Crippen LogP contribution in [0.1, 0.15) is 258 Å². The quantitative estimate of drug-likeness (QED) is 0.0262. The second kappa shape index (κ2) is 50.8. The van der Waals surface area contributed by atoms with E-state index < -0.39 is 6.10 Å². The molecule has 0 aliphatic rings. The number of ether oxygens (including phenoxy) is 3. The molecule has 0 spiro atoms. The van der Waals surface area contributed by atoms with E-state index in [1.807, 2.05) is 0 Å². The first kappa shape index (κ1) is 59.1. The predicted octanol–water partition coefficient (Wildman–Crippen LogP) is 17.3. The maximum absolute atomic E-state index is 12.8. The molecule has 0 aromatic heterocycles. The Morgan fingerprint density at radius 3 is 0.984 bits per heavy atom. The fraction of sp³-hybridized carbons (Fsp3) is 0.768. The first-order chi connectivity index (χ1) is 30.5. The highest BCUT2D eigenvalue weighted by Crippen LogP contribution is 2.16. The first-order valence-electron chi connectivity index (χ1n) is 26.3. The fourth-order valence-corrected chi connectivity index (χ4v) is 7.36. The predicted molar refractivity (Wildman–Crippen MR) is 265 cm³/mol. The molecule has 0 fully saturated rings. The van der Waals surface area contributed by atoms with Crippen LogP contribution >= 0.6 is 0 Å². The van der Waals surface area contributed by atoms with Crippen molar-refractivity contribution in [3.63, 3.8) is 0 Å². The summed E-state index contributed by atoms with van der Waals surface area (Å²) in [6, 6.07) is 0. The second-order valence-electron chi connectivity index (χ2n) is 17.4. The smallest absolute Gasteiger partial charge is 0.306 e. The van der Waals surface area contributed by atoms with E-state index in [0.717, 1.165) is 77.0 Å². The third-order valence-corrected chi connectivity index (χ3v) is 11.3. The SMILES string of the molecule is CC/C=C\C/C=C\C/C=C\C/C=C\C/C=C\CCCC(=O)OC[C@@H](COC(=O)CCCCCCCCCCCCC)OC(=O)CCCCCCCCCCCCCCCCCC. The van der Waals surface area contributed by atoms with Gasteiger partial charge in [-0.15, -0.1) is 0 Å². The van der Waals surface area contributed by atoms with Gasteiger partial charge in [0.25, 0.3) is 0 Å². The Kier molecular flexibility index (Phi) is 48.4. The third-order valence-electron chi connectivity index (χ3n) is 11.3. The summed E-state index contributed by atoms with van der Waals surface area (Å²) < 4.78 is 16.8. The number of carbonyl (C=O) groups is 3. The molecular formula is C56H98O6. The molecule has 0 aromatic rings. The Hall–Kier alpha value is -2.89. The van der Waals surface area contributed by atoms with Crippen LogP contribution in [0.4, 0.5) is 0 Å². The molecule has 62 heavy (non-hydrogen) atoms. The number of carbonyl (C=O) groups excluding carboxylic acids is 3.